The van der Waals surface area contributed by atoms with Crippen LogP contribution in [0.2, 0.25) is 0 Å². The van der Waals surface area contributed by atoms with Crippen molar-refractivity contribution in [3.8, 4) is 23.0 Å². The molecule has 2 aromatic rings. The first-order valence-electron chi connectivity index (χ1n) is 5.16. The predicted molar refractivity (Wildman–Crippen MR) is 57.7 cm³/mol. The van der Waals surface area contributed by atoms with Crippen LogP contribution < -0.4 is 4.74 Å². The van der Waals surface area contributed by atoms with Crippen molar-refractivity contribution in [1.82, 2.24) is 10.1 Å². The molecular formula is C11H9F3N2O3. The maximum Gasteiger partial charge on any atom is 0.396 e. The molecule has 1 N–H and O–H groups in total. The number of nitrogens with zero attached hydrogens (tertiary/aromatic N) is 2. The number of hydrogen-bond acceptors (Lipinski definition) is 5. The summed E-state index contributed by atoms with van der Waals surface area (Å²) in [6.45, 7) is 0. The van der Waals surface area contributed by atoms with Crippen molar-refractivity contribution in [3.63, 3.8) is 0 Å². The number of aromatic hydroxyl groups is 1. The second-order valence-electron chi connectivity index (χ2n) is 3.66. The Balaban J connectivity index is 2.33. The predicted octanol–water partition coefficient (Wildman–Crippen LogP) is 2.56. The molecule has 8 heteroatoms. The van der Waals surface area contributed by atoms with Gasteiger partial charge in [0.25, 0.3) is 5.89 Å². The lowest BCUT2D eigenvalue weighted by atomic mass is 10.2. The van der Waals surface area contributed by atoms with Crippen LogP contribution in [0.4, 0.5) is 13.2 Å². The summed E-state index contributed by atoms with van der Waals surface area (Å²) in [6, 6.07) is 4.47. The Bertz CT molecular complexity index is 581. The summed E-state index contributed by atoms with van der Waals surface area (Å²) in [5.41, 5.74) is 0.111. The minimum absolute atomic E-state index is 0.111. The fourth-order valence-electron chi connectivity index (χ4n) is 1.47. The van der Waals surface area contributed by atoms with Gasteiger partial charge in [-0.05, 0) is 12.1 Å². The van der Waals surface area contributed by atoms with Crippen LogP contribution in [0.5, 0.6) is 11.5 Å². The topological polar surface area (TPSA) is 68.4 Å². The van der Waals surface area contributed by atoms with Crippen LogP contribution in [0.25, 0.3) is 11.5 Å². The van der Waals surface area contributed by atoms with Crippen LogP contribution in [0.15, 0.2) is 22.7 Å². The van der Waals surface area contributed by atoms with Gasteiger partial charge in [-0.3, -0.25) is 0 Å². The molecule has 0 fully saturated rings. The van der Waals surface area contributed by atoms with E-state index in [9.17, 15) is 18.3 Å². The van der Waals surface area contributed by atoms with E-state index in [4.69, 9.17) is 9.26 Å². The molecule has 0 spiro atoms. The molecule has 1 heterocycles. The maximum absolute atomic E-state index is 12.2. The number of methoxy groups -OCH3 is 1. The molecule has 0 bridgehead atoms. The Morgan fingerprint density at radius 3 is 2.74 bits per heavy atom. The van der Waals surface area contributed by atoms with Crippen molar-refractivity contribution in [2.75, 3.05) is 7.11 Å². The number of phenolic OH excluding ortho intramolecular Hbond substituents is 1. The molecule has 0 saturated heterocycles. The second-order valence-corrected chi connectivity index (χ2v) is 3.66. The van der Waals surface area contributed by atoms with Gasteiger partial charge in [0.2, 0.25) is 0 Å². The Hall–Kier alpha value is -2.25. The van der Waals surface area contributed by atoms with E-state index in [1.807, 2.05) is 0 Å². The van der Waals surface area contributed by atoms with E-state index in [-0.39, 0.29) is 23.0 Å². The Labute approximate surface area is 105 Å². The summed E-state index contributed by atoms with van der Waals surface area (Å²) in [5.74, 6) is -0.805. The van der Waals surface area contributed by atoms with E-state index >= 15 is 0 Å². The number of ether oxygens (including phenoxy) is 1. The van der Waals surface area contributed by atoms with E-state index in [1.54, 1.807) is 6.07 Å². The molecule has 102 valence electrons. The van der Waals surface area contributed by atoms with Crippen LogP contribution in [0, 0.1) is 0 Å². The minimum atomic E-state index is -4.42. The fraction of sp³-hybridized carbons (Fsp3) is 0.273. The van der Waals surface area contributed by atoms with E-state index in [0.29, 0.717) is 0 Å². The van der Waals surface area contributed by atoms with E-state index < -0.39 is 18.4 Å². The van der Waals surface area contributed by atoms with Crippen molar-refractivity contribution in [2.24, 2.45) is 0 Å². The minimum Gasteiger partial charge on any atom is -0.504 e. The number of halogens is 3. The number of phenols is 1. The SMILES string of the molecule is COc1cccc(-c2nc(CC(F)(F)F)no2)c1O. The molecule has 0 atom stereocenters. The van der Waals surface area contributed by atoms with E-state index in [0.717, 1.165) is 0 Å². The fourth-order valence-corrected chi connectivity index (χ4v) is 1.47. The third kappa shape index (κ3) is 2.95. The first-order valence-corrected chi connectivity index (χ1v) is 5.16. The lowest BCUT2D eigenvalue weighted by Crippen LogP contribution is -2.12. The zero-order chi connectivity index (χ0) is 14.0. The van der Waals surface area contributed by atoms with E-state index in [1.165, 1.54) is 19.2 Å². The van der Waals surface area contributed by atoms with Gasteiger partial charge in [-0.1, -0.05) is 11.2 Å². The third-order valence-corrected chi connectivity index (χ3v) is 2.28. The van der Waals surface area contributed by atoms with Gasteiger partial charge in [-0.25, -0.2) is 0 Å². The molecule has 0 saturated carbocycles. The van der Waals surface area contributed by atoms with Crippen molar-refractivity contribution >= 4 is 0 Å². The molecule has 0 amide bonds. The average Bonchev–Trinajstić information content (AvgIpc) is 2.75. The molecule has 0 aliphatic heterocycles. The zero-order valence-corrected chi connectivity index (χ0v) is 9.73. The zero-order valence-electron chi connectivity index (χ0n) is 9.73. The van der Waals surface area contributed by atoms with Gasteiger partial charge >= 0.3 is 6.18 Å². The third-order valence-electron chi connectivity index (χ3n) is 2.28. The largest absolute Gasteiger partial charge is 0.504 e. The van der Waals surface area contributed by atoms with Crippen molar-refractivity contribution in [2.45, 2.75) is 12.6 Å². The summed E-state index contributed by atoms with van der Waals surface area (Å²) < 4.78 is 46.1. The van der Waals surface area contributed by atoms with Crippen LogP contribution >= 0.6 is 0 Å². The highest BCUT2D eigenvalue weighted by Crippen LogP contribution is 2.36. The molecule has 1 aromatic carbocycles. The van der Waals surface area contributed by atoms with Gasteiger partial charge < -0.3 is 14.4 Å². The number of hydrogen-bond donors (Lipinski definition) is 1. The Kier molecular flexibility index (Phi) is 3.32. The first kappa shape index (κ1) is 13.2. The highest BCUT2D eigenvalue weighted by Gasteiger charge is 2.31. The number of rotatable bonds is 3. The normalized spacial score (nSPS) is 11.6. The number of para-hydroxylation sites is 1. The Morgan fingerprint density at radius 2 is 2.11 bits per heavy atom. The molecule has 2 rings (SSSR count). The van der Waals surface area contributed by atoms with Crippen molar-refractivity contribution in [3.05, 3.63) is 24.0 Å². The van der Waals surface area contributed by atoms with Gasteiger partial charge in [0.05, 0.1) is 12.7 Å². The molecular weight excluding hydrogens is 265 g/mol. The summed E-state index contributed by atoms with van der Waals surface area (Å²) in [7, 11) is 1.35. The summed E-state index contributed by atoms with van der Waals surface area (Å²) in [6.07, 6.45) is -5.71. The molecule has 0 unspecified atom stereocenters. The first-order chi connectivity index (χ1) is 8.90. The second kappa shape index (κ2) is 4.79. The lowest BCUT2D eigenvalue weighted by molar-refractivity contribution is -0.128. The number of alkyl halides is 3. The molecule has 19 heavy (non-hydrogen) atoms. The maximum atomic E-state index is 12.2. The highest BCUT2D eigenvalue weighted by molar-refractivity contribution is 5.66. The van der Waals surface area contributed by atoms with Gasteiger partial charge in [0, 0.05) is 0 Å². The Morgan fingerprint density at radius 1 is 1.37 bits per heavy atom. The molecule has 1 aromatic heterocycles. The molecule has 5 nitrogen and oxygen atoms in total. The smallest absolute Gasteiger partial charge is 0.396 e. The van der Waals surface area contributed by atoms with Crippen LogP contribution in [-0.2, 0) is 6.42 Å². The summed E-state index contributed by atoms with van der Waals surface area (Å²) >= 11 is 0. The molecule has 0 aliphatic rings. The molecule has 0 aliphatic carbocycles. The van der Waals surface area contributed by atoms with Gasteiger partial charge in [-0.15, -0.1) is 0 Å². The number of benzene rings is 1. The van der Waals surface area contributed by atoms with Gasteiger partial charge in [0.15, 0.2) is 17.3 Å². The monoisotopic (exact) mass is 274 g/mol. The lowest BCUT2D eigenvalue weighted by Gasteiger charge is -2.04. The van der Waals surface area contributed by atoms with Crippen LogP contribution in [0.3, 0.4) is 0 Å². The van der Waals surface area contributed by atoms with Gasteiger partial charge in [0.1, 0.15) is 6.42 Å². The van der Waals surface area contributed by atoms with Crippen molar-refractivity contribution in [1.29, 1.82) is 0 Å². The van der Waals surface area contributed by atoms with Gasteiger partial charge in [-0.2, -0.15) is 18.2 Å². The summed E-state index contributed by atoms with van der Waals surface area (Å²) in [5, 5.41) is 13.0. The quantitative estimate of drug-likeness (QED) is 0.931. The van der Waals surface area contributed by atoms with Crippen molar-refractivity contribution < 1.29 is 27.5 Å². The average molecular weight is 274 g/mol. The summed E-state index contributed by atoms with van der Waals surface area (Å²) in [4.78, 5) is 3.59. The van der Waals surface area contributed by atoms with Crippen LogP contribution in [-0.4, -0.2) is 28.5 Å². The standard InChI is InChI=1S/C11H9F3N2O3/c1-18-7-4-2-3-6(9(7)17)10-15-8(16-19-10)5-11(12,13)14/h2-4,17H,5H2,1H3. The highest BCUT2D eigenvalue weighted by atomic mass is 19.4. The van der Waals surface area contributed by atoms with Crippen LogP contribution in [0.1, 0.15) is 5.82 Å². The van der Waals surface area contributed by atoms with E-state index in [2.05, 4.69) is 10.1 Å². The molecule has 0 radical (unpaired) electrons. The number of aromatic nitrogens is 2.